The Kier molecular flexibility index (Phi) is 4.84. The number of hydrogen-bond acceptors (Lipinski definition) is 3. The van der Waals surface area contributed by atoms with E-state index in [2.05, 4.69) is 0 Å². The number of ether oxygens (including phenoxy) is 2. The molecule has 1 N–H and O–H groups in total. The molecule has 2 aromatic carbocycles. The summed E-state index contributed by atoms with van der Waals surface area (Å²) >= 11 is 0. The van der Waals surface area contributed by atoms with Crippen LogP contribution in [-0.4, -0.2) is 25.3 Å². The SMILES string of the molecule is COc1ccc(/C=C(\C(=O)O)c2ccc(OC)c(C)c2)cc1. The Morgan fingerprint density at radius 3 is 2.23 bits per heavy atom. The van der Waals surface area contributed by atoms with Crippen molar-refractivity contribution in [3.8, 4) is 11.5 Å². The number of carboxylic acids is 1. The monoisotopic (exact) mass is 298 g/mol. The van der Waals surface area contributed by atoms with Crippen LogP contribution in [0.5, 0.6) is 11.5 Å². The second-order valence-electron chi connectivity index (χ2n) is 4.82. The quantitative estimate of drug-likeness (QED) is 0.676. The van der Waals surface area contributed by atoms with E-state index in [0.29, 0.717) is 5.56 Å². The van der Waals surface area contributed by atoms with Crippen molar-refractivity contribution >= 4 is 17.6 Å². The zero-order chi connectivity index (χ0) is 16.1. The third-order valence-electron chi connectivity index (χ3n) is 3.36. The number of carboxylic acid groups (broad SMARTS) is 1. The zero-order valence-corrected chi connectivity index (χ0v) is 12.8. The highest BCUT2D eigenvalue weighted by Crippen LogP contribution is 2.25. The van der Waals surface area contributed by atoms with E-state index in [0.717, 1.165) is 22.6 Å². The van der Waals surface area contributed by atoms with Crippen LogP contribution < -0.4 is 9.47 Å². The van der Waals surface area contributed by atoms with Crippen molar-refractivity contribution in [3.63, 3.8) is 0 Å². The van der Waals surface area contributed by atoms with Gasteiger partial charge >= 0.3 is 5.97 Å². The van der Waals surface area contributed by atoms with E-state index in [-0.39, 0.29) is 5.57 Å². The van der Waals surface area contributed by atoms with Gasteiger partial charge in [-0.05, 0) is 54.0 Å². The van der Waals surface area contributed by atoms with Crippen molar-refractivity contribution in [1.82, 2.24) is 0 Å². The molecule has 0 fully saturated rings. The molecule has 0 aliphatic carbocycles. The van der Waals surface area contributed by atoms with E-state index < -0.39 is 5.97 Å². The van der Waals surface area contributed by atoms with Crippen LogP contribution in [0, 0.1) is 6.92 Å². The molecule has 0 heterocycles. The van der Waals surface area contributed by atoms with Gasteiger partial charge in [-0.3, -0.25) is 0 Å². The highest BCUT2D eigenvalue weighted by molar-refractivity contribution is 6.20. The van der Waals surface area contributed by atoms with Gasteiger partial charge in [0.05, 0.1) is 19.8 Å². The lowest BCUT2D eigenvalue weighted by Gasteiger charge is -2.08. The molecule has 0 radical (unpaired) electrons. The minimum absolute atomic E-state index is 0.232. The average Bonchev–Trinajstić information content (AvgIpc) is 2.52. The number of aryl methyl sites for hydroxylation is 1. The molecule has 2 rings (SSSR count). The Morgan fingerprint density at radius 2 is 1.73 bits per heavy atom. The molecule has 0 aliphatic heterocycles. The highest BCUT2D eigenvalue weighted by atomic mass is 16.5. The van der Waals surface area contributed by atoms with Crippen molar-refractivity contribution in [2.45, 2.75) is 6.92 Å². The largest absolute Gasteiger partial charge is 0.497 e. The first-order valence-corrected chi connectivity index (χ1v) is 6.79. The van der Waals surface area contributed by atoms with Crippen molar-refractivity contribution < 1.29 is 19.4 Å². The molecule has 22 heavy (non-hydrogen) atoms. The summed E-state index contributed by atoms with van der Waals surface area (Å²) in [6.45, 7) is 1.88. The second-order valence-corrected chi connectivity index (χ2v) is 4.82. The smallest absolute Gasteiger partial charge is 0.336 e. The van der Waals surface area contributed by atoms with E-state index in [1.165, 1.54) is 0 Å². The van der Waals surface area contributed by atoms with Crippen LogP contribution in [0.2, 0.25) is 0 Å². The molecule has 0 amide bonds. The molecule has 0 aliphatic rings. The highest BCUT2D eigenvalue weighted by Gasteiger charge is 2.12. The molecular weight excluding hydrogens is 280 g/mol. The van der Waals surface area contributed by atoms with E-state index in [4.69, 9.17) is 9.47 Å². The van der Waals surface area contributed by atoms with Gasteiger partial charge in [0.1, 0.15) is 11.5 Å². The van der Waals surface area contributed by atoms with Gasteiger partial charge in [0.2, 0.25) is 0 Å². The molecule has 0 saturated heterocycles. The summed E-state index contributed by atoms with van der Waals surface area (Å²) in [5, 5.41) is 9.48. The van der Waals surface area contributed by atoms with Gasteiger partial charge in [0.25, 0.3) is 0 Å². The van der Waals surface area contributed by atoms with Crippen LogP contribution in [0.1, 0.15) is 16.7 Å². The first-order chi connectivity index (χ1) is 10.5. The summed E-state index contributed by atoms with van der Waals surface area (Å²) in [4.78, 5) is 11.6. The predicted molar refractivity (Wildman–Crippen MR) is 86.2 cm³/mol. The molecule has 0 unspecified atom stereocenters. The summed E-state index contributed by atoms with van der Waals surface area (Å²) in [6.07, 6.45) is 1.64. The van der Waals surface area contributed by atoms with Crippen LogP contribution in [0.3, 0.4) is 0 Å². The lowest BCUT2D eigenvalue weighted by atomic mass is 10.0. The van der Waals surface area contributed by atoms with Crippen LogP contribution in [0.15, 0.2) is 42.5 Å². The van der Waals surface area contributed by atoms with Gasteiger partial charge in [-0.1, -0.05) is 18.2 Å². The summed E-state index contributed by atoms with van der Waals surface area (Å²) < 4.78 is 10.3. The van der Waals surface area contributed by atoms with E-state index in [1.807, 2.05) is 25.1 Å². The summed E-state index contributed by atoms with van der Waals surface area (Å²) in [6, 6.07) is 12.6. The van der Waals surface area contributed by atoms with Gasteiger partial charge in [0, 0.05) is 0 Å². The molecule has 2 aromatic rings. The zero-order valence-electron chi connectivity index (χ0n) is 12.8. The molecule has 0 spiro atoms. The van der Waals surface area contributed by atoms with Gasteiger partial charge in [-0.15, -0.1) is 0 Å². The Bertz CT molecular complexity index is 700. The molecule has 4 nitrogen and oxygen atoms in total. The van der Waals surface area contributed by atoms with Gasteiger partial charge < -0.3 is 14.6 Å². The maximum absolute atomic E-state index is 11.6. The molecule has 4 heteroatoms. The van der Waals surface area contributed by atoms with Gasteiger partial charge in [-0.2, -0.15) is 0 Å². The normalized spacial score (nSPS) is 11.1. The maximum Gasteiger partial charge on any atom is 0.336 e. The minimum atomic E-state index is -0.972. The average molecular weight is 298 g/mol. The fourth-order valence-corrected chi connectivity index (χ4v) is 2.18. The summed E-state index contributed by atoms with van der Waals surface area (Å²) in [5.74, 6) is 0.493. The van der Waals surface area contributed by atoms with Crippen LogP contribution in [-0.2, 0) is 4.79 Å². The number of methoxy groups -OCH3 is 2. The van der Waals surface area contributed by atoms with Crippen molar-refractivity contribution in [3.05, 3.63) is 59.2 Å². The maximum atomic E-state index is 11.6. The van der Waals surface area contributed by atoms with Gasteiger partial charge in [0.15, 0.2) is 0 Å². The topological polar surface area (TPSA) is 55.8 Å². The summed E-state index contributed by atoms with van der Waals surface area (Å²) in [5.41, 5.74) is 2.56. The Balaban J connectivity index is 2.42. The minimum Gasteiger partial charge on any atom is -0.497 e. The summed E-state index contributed by atoms with van der Waals surface area (Å²) in [7, 11) is 3.18. The number of hydrogen-bond donors (Lipinski definition) is 1. The van der Waals surface area contributed by atoms with Crippen molar-refractivity contribution in [2.75, 3.05) is 14.2 Å². The number of carbonyl (C=O) groups is 1. The van der Waals surface area contributed by atoms with E-state index >= 15 is 0 Å². The number of rotatable bonds is 5. The molecule has 0 aromatic heterocycles. The third-order valence-corrected chi connectivity index (χ3v) is 3.36. The van der Waals surface area contributed by atoms with Gasteiger partial charge in [-0.25, -0.2) is 4.79 Å². The fraction of sp³-hybridized carbons (Fsp3) is 0.167. The Labute approximate surface area is 129 Å². The second kappa shape index (κ2) is 6.80. The molecular formula is C18H18O4. The lowest BCUT2D eigenvalue weighted by molar-refractivity contribution is -0.130. The standard InChI is InChI=1S/C18H18O4/c1-12-10-14(6-9-17(12)22-3)16(18(19)20)11-13-4-7-15(21-2)8-5-13/h4-11H,1-3H3,(H,19,20)/b16-11-. The van der Waals surface area contributed by atoms with Crippen molar-refractivity contribution in [2.24, 2.45) is 0 Å². The fourth-order valence-electron chi connectivity index (χ4n) is 2.18. The lowest BCUT2D eigenvalue weighted by Crippen LogP contribution is -2.00. The first kappa shape index (κ1) is 15.6. The third kappa shape index (κ3) is 3.47. The Hall–Kier alpha value is -2.75. The molecule has 0 bridgehead atoms. The van der Waals surface area contributed by atoms with E-state index in [9.17, 15) is 9.90 Å². The number of aliphatic carboxylic acids is 1. The van der Waals surface area contributed by atoms with Crippen molar-refractivity contribution in [1.29, 1.82) is 0 Å². The molecule has 0 atom stereocenters. The van der Waals surface area contributed by atoms with Crippen LogP contribution in [0.4, 0.5) is 0 Å². The van der Waals surface area contributed by atoms with Crippen LogP contribution >= 0.6 is 0 Å². The first-order valence-electron chi connectivity index (χ1n) is 6.79. The molecule has 0 saturated carbocycles. The Morgan fingerprint density at radius 1 is 1.05 bits per heavy atom. The molecule has 114 valence electrons. The predicted octanol–water partition coefficient (Wildman–Crippen LogP) is 3.64. The van der Waals surface area contributed by atoms with E-state index in [1.54, 1.807) is 44.6 Å². The number of benzene rings is 2. The van der Waals surface area contributed by atoms with Crippen LogP contribution in [0.25, 0.3) is 11.6 Å².